The Morgan fingerprint density at radius 2 is 2.08 bits per heavy atom. The zero-order valence-electron chi connectivity index (χ0n) is 15.3. The van der Waals surface area contributed by atoms with E-state index in [2.05, 4.69) is 25.6 Å². The molecule has 0 saturated heterocycles. The summed E-state index contributed by atoms with van der Waals surface area (Å²) in [6.45, 7) is 6.32. The molecule has 1 aliphatic rings. The summed E-state index contributed by atoms with van der Waals surface area (Å²) < 4.78 is 7.31. The molecule has 0 bridgehead atoms. The summed E-state index contributed by atoms with van der Waals surface area (Å²) in [6, 6.07) is 2.12. The van der Waals surface area contributed by atoms with Gasteiger partial charge in [-0.2, -0.15) is 5.10 Å². The summed E-state index contributed by atoms with van der Waals surface area (Å²) in [4.78, 5) is 12.2. The molecule has 25 heavy (non-hydrogen) atoms. The van der Waals surface area contributed by atoms with Crippen molar-refractivity contribution >= 4 is 11.8 Å². The van der Waals surface area contributed by atoms with Crippen LogP contribution in [-0.4, -0.2) is 21.0 Å². The maximum absolute atomic E-state index is 12.2. The van der Waals surface area contributed by atoms with Gasteiger partial charge in [0, 0.05) is 30.3 Å². The van der Waals surface area contributed by atoms with E-state index in [1.54, 1.807) is 0 Å². The number of nitrogens with one attached hydrogen (secondary N) is 2. The SMILES string of the molecule is CCc1onc(C)c1CNC(=O)Nc1cc(C)n(C2CCCCC2)n1. The monoisotopic (exact) mass is 345 g/mol. The fourth-order valence-corrected chi connectivity index (χ4v) is 3.51. The van der Waals surface area contributed by atoms with Crippen molar-refractivity contribution in [3.63, 3.8) is 0 Å². The first kappa shape index (κ1) is 17.5. The molecule has 0 spiro atoms. The second-order valence-corrected chi connectivity index (χ2v) is 6.74. The number of aryl methyl sites for hydroxylation is 3. The Labute approximate surface area is 148 Å². The predicted molar refractivity (Wildman–Crippen MR) is 95.6 cm³/mol. The van der Waals surface area contributed by atoms with E-state index in [9.17, 15) is 4.79 Å². The van der Waals surface area contributed by atoms with Crippen LogP contribution in [0.4, 0.5) is 10.6 Å². The van der Waals surface area contributed by atoms with Crippen LogP contribution in [0.5, 0.6) is 0 Å². The van der Waals surface area contributed by atoms with E-state index in [-0.39, 0.29) is 6.03 Å². The number of nitrogens with zero attached hydrogens (tertiary/aromatic N) is 3. The molecule has 2 amide bonds. The van der Waals surface area contributed by atoms with E-state index in [0.717, 1.165) is 29.1 Å². The van der Waals surface area contributed by atoms with Gasteiger partial charge >= 0.3 is 6.03 Å². The highest BCUT2D eigenvalue weighted by Gasteiger charge is 2.19. The van der Waals surface area contributed by atoms with Crippen molar-refractivity contribution in [1.29, 1.82) is 0 Å². The topological polar surface area (TPSA) is 85.0 Å². The predicted octanol–water partition coefficient (Wildman–Crippen LogP) is 3.88. The fraction of sp³-hybridized carbons (Fsp3) is 0.611. The number of amides is 2. The standard InChI is InChI=1S/C18H27N5O2/c1-4-16-15(13(3)22-25-16)11-19-18(24)20-17-10-12(2)23(21-17)14-8-6-5-7-9-14/h10,14H,4-9,11H2,1-3H3,(H2,19,20,21,24). The van der Waals surface area contributed by atoms with Crippen LogP contribution >= 0.6 is 0 Å². The van der Waals surface area contributed by atoms with Crippen molar-refractivity contribution in [2.45, 2.75) is 71.9 Å². The van der Waals surface area contributed by atoms with Crippen LogP contribution in [0.15, 0.2) is 10.6 Å². The summed E-state index contributed by atoms with van der Waals surface area (Å²) in [5.41, 5.74) is 2.85. The van der Waals surface area contributed by atoms with Crippen molar-refractivity contribution in [3.05, 3.63) is 28.8 Å². The third kappa shape index (κ3) is 4.03. The molecule has 2 aromatic heterocycles. The maximum atomic E-state index is 12.2. The third-order valence-electron chi connectivity index (χ3n) is 4.90. The lowest BCUT2D eigenvalue weighted by Gasteiger charge is -2.23. The van der Waals surface area contributed by atoms with Gasteiger partial charge < -0.3 is 9.84 Å². The minimum atomic E-state index is -0.268. The molecule has 0 unspecified atom stereocenters. The van der Waals surface area contributed by atoms with E-state index in [1.165, 1.54) is 32.1 Å². The lowest BCUT2D eigenvalue weighted by atomic mass is 9.95. The van der Waals surface area contributed by atoms with Crippen LogP contribution < -0.4 is 10.6 Å². The molecular formula is C18H27N5O2. The minimum absolute atomic E-state index is 0.268. The van der Waals surface area contributed by atoms with Crippen LogP contribution in [0.2, 0.25) is 0 Å². The Bertz CT molecular complexity index is 728. The zero-order valence-corrected chi connectivity index (χ0v) is 15.3. The summed E-state index contributed by atoms with van der Waals surface area (Å²) in [5.74, 6) is 1.41. The number of anilines is 1. The van der Waals surface area contributed by atoms with E-state index in [1.807, 2.05) is 26.8 Å². The van der Waals surface area contributed by atoms with Crippen LogP contribution in [0, 0.1) is 13.8 Å². The van der Waals surface area contributed by atoms with Gasteiger partial charge in [-0.1, -0.05) is 31.3 Å². The van der Waals surface area contributed by atoms with Crippen LogP contribution in [-0.2, 0) is 13.0 Å². The van der Waals surface area contributed by atoms with Gasteiger partial charge in [0.15, 0.2) is 5.82 Å². The molecule has 0 aliphatic heterocycles. The summed E-state index contributed by atoms with van der Waals surface area (Å²) in [6.07, 6.45) is 6.91. The largest absolute Gasteiger partial charge is 0.361 e. The van der Waals surface area contributed by atoms with Crippen molar-refractivity contribution in [2.75, 3.05) is 5.32 Å². The molecule has 7 heteroatoms. The second kappa shape index (κ2) is 7.72. The Kier molecular flexibility index (Phi) is 5.40. The summed E-state index contributed by atoms with van der Waals surface area (Å²) in [5, 5.41) is 14.2. The normalized spacial score (nSPS) is 15.3. The Hall–Kier alpha value is -2.31. The highest BCUT2D eigenvalue weighted by molar-refractivity contribution is 5.88. The Morgan fingerprint density at radius 1 is 1.32 bits per heavy atom. The Balaban J connectivity index is 1.58. The van der Waals surface area contributed by atoms with E-state index in [0.29, 0.717) is 18.4 Å². The van der Waals surface area contributed by atoms with Gasteiger partial charge in [-0.05, 0) is 26.7 Å². The first-order valence-corrected chi connectivity index (χ1v) is 9.13. The van der Waals surface area contributed by atoms with Gasteiger partial charge in [-0.25, -0.2) is 4.79 Å². The molecular weight excluding hydrogens is 318 g/mol. The summed E-state index contributed by atoms with van der Waals surface area (Å²) >= 11 is 0. The second-order valence-electron chi connectivity index (χ2n) is 6.74. The third-order valence-corrected chi connectivity index (χ3v) is 4.90. The van der Waals surface area contributed by atoms with Gasteiger partial charge in [-0.15, -0.1) is 0 Å². The zero-order chi connectivity index (χ0) is 17.8. The molecule has 136 valence electrons. The van der Waals surface area contributed by atoms with Crippen molar-refractivity contribution < 1.29 is 9.32 Å². The average Bonchev–Trinajstić information content (AvgIpc) is 3.16. The van der Waals surface area contributed by atoms with Gasteiger partial charge in [0.25, 0.3) is 0 Å². The average molecular weight is 345 g/mol. The first-order valence-electron chi connectivity index (χ1n) is 9.13. The molecule has 2 N–H and O–H groups in total. The number of carbonyl (C=O) groups is 1. The number of carbonyl (C=O) groups excluding carboxylic acids is 1. The lowest BCUT2D eigenvalue weighted by Crippen LogP contribution is -2.29. The molecule has 0 radical (unpaired) electrons. The molecule has 7 nitrogen and oxygen atoms in total. The van der Waals surface area contributed by atoms with Crippen LogP contribution in [0.25, 0.3) is 0 Å². The maximum Gasteiger partial charge on any atom is 0.320 e. The van der Waals surface area contributed by atoms with E-state index >= 15 is 0 Å². The number of rotatable bonds is 5. The van der Waals surface area contributed by atoms with Crippen LogP contribution in [0.3, 0.4) is 0 Å². The van der Waals surface area contributed by atoms with Gasteiger partial charge in [0.1, 0.15) is 5.76 Å². The molecule has 1 aliphatic carbocycles. The van der Waals surface area contributed by atoms with Gasteiger partial charge in [0.05, 0.1) is 11.7 Å². The van der Waals surface area contributed by atoms with Crippen LogP contribution in [0.1, 0.15) is 67.8 Å². The highest BCUT2D eigenvalue weighted by Crippen LogP contribution is 2.29. The van der Waals surface area contributed by atoms with Gasteiger partial charge in [0.2, 0.25) is 0 Å². The van der Waals surface area contributed by atoms with Crippen molar-refractivity contribution in [3.8, 4) is 0 Å². The smallest absolute Gasteiger partial charge is 0.320 e. The molecule has 1 saturated carbocycles. The fourth-order valence-electron chi connectivity index (χ4n) is 3.51. The first-order chi connectivity index (χ1) is 12.1. The molecule has 0 aromatic carbocycles. The molecule has 0 atom stereocenters. The lowest BCUT2D eigenvalue weighted by molar-refractivity contribution is 0.251. The number of hydrogen-bond acceptors (Lipinski definition) is 4. The number of urea groups is 1. The molecule has 1 fully saturated rings. The highest BCUT2D eigenvalue weighted by atomic mass is 16.5. The quantitative estimate of drug-likeness (QED) is 0.861. The van der Waals surface area contributed by atoms with Gasteiger partial charge in [-0.3, -0.25) is 10.00 Å². The Morgan fingerprint density at radius 3 is 2.80 bits per heavy atom. The van der Waals surface area contributed by atoms with Crippen molar-refractivity contribution in [2.24, 2.45) is 0 Å². The van der Waals surface area contributed by atoms with Crippen molar-refractivity contribution in [1.82, 2.24) is 20.3 Å². The summed E-state index contributed by atoms with van der Waals surface area (Å²) in [7, 11) is 0. The number of aromatic nitrogens is 3. The molecule has 2 heterocycles. The van der Waals surface area contributed by atoms with E-state index < -0.39 is 0 Å². The minimum Gasteiger partial charge on any atom is -0.361 e. The number of hydrogen-bond donors (Lipinski definition) is 2. The molecule has 3 rings (SSSR count). The molecule has 2 aromatic rings. The van der Waals surface area contributed by atoms with E-state index in [4.69, 9.17) is 4.52 Å².